The van der Waals surface area contributed by atoms with Gasteiger partial charge in [-0.15, -0.1) is 0 Å². The van der Waals surface area contributed by atoms with E-state index < -0.39 is 6.04 Å². The van der Waals surface area contributed by atoms with Crippen molar-refractivity contribution in [2.24, 2.45) is 5.73 Å². The van der Waals surface area contributed by atoms with Gasteiger partial charge in [0.05, 0.1) is 0 Å². The average molecular weight is 266 g/mol. The summed E-state index contributed by atoms with van der Waals surface area (Å²) in [6.07, 6.45) is 0. The van der Waals surface area contributed by atoms with Gasteiger partial charge in [0.1, 0.15) is 6.04 Å². The molecule has 1 amide bonds. The number of benzene rings is 2. The number of aryl methyl sites for hydroxylation is 1. The van der Waals surface area contributed by atoms with Crippen LogP contribution in [0.4, 0.5) is 0 Å². The zero-order chi connectivity index (χ0) is 14.1. The summed E-state index contributed by atoms with van der Waals surface area (Å²) in [5.74, 6) is -0.00921. The first-order valence-corrected chi connectivity index (χ1v) is 6.83. The monoisotopic (exact) mass is 266 g/mol. The number of nitrogens with two attached hydrogens (primary N) is 1. The quantitative estimate of drug-likeness (QED) is 0.908. The smallest absolute Gasteiger partial charge is 0.244 e. The second-order valence-electron chi connectivity index (χ2n) is 5.35. The fourth-order valence-corrected chi connectivity index (χ4v) is 2.60. The third-order valence-corrected chi connectivity index (χ3v) is 3.85. The van der Waals surface area contributed by atoms with Gasteiger partial charge in [-0.05, 0) is 23.6 Å². The van der Waals surface area contributed by atoms with Crippen molar-refractivity contribution < 1.29 is 4.79 Å². The predicted molar refractivity (Wildman–Crippen MR) is 78.8 cm³/mol. The maximum Gasteiger partial charge on any atom is 0.244 e. The van der Waals surface area contributed by atoms with Crippen LogP contribution in [0.5, 0.6) is 0 Å². The molecule has 1 aliphatic rings. The van der Waals surface area contributed by atoms with E-state index in [-0.39, 0.29) is 5.91 Å². The number of rotatable bonds is 2. The number of carbonyl (C=O) groups excluding carboxylic acids is 1. The third kappa shape index (κ3) is 2.32. The maximum atomic E-state index is 12.5. The van der Waals surface area contributed by atoms with Gasteiger partial charge in [-0.3, -0.25) is 4.79 Å². The van der Waals surface area contributed by atoms with Crippen molar-refractivity contribution in [2.75, 3.05) is 0 Å². The highest BCUT2D eigenvalue weighted by atomic mass is 16.2. The molecular weight excluding hydrogens is 248 g/mol. The zero-order valence-corrected chi connectivity index (χ0v) is 11.5. The van der Waals surface area contributed by atoms with Gasteiger partial charge in [0.2, 0.25) is 5.91 Å². The molecule has 0 saturated heterocycles. The highest BCUT2D eigenvalue weighted by Crippen LogP contribution is 2.25. The molecule has 3 rings (SSSR count). The molecule has 3 heteroatoms. The minimum Gasteiger partial charge on any atom is -0.332 e. The van der Waals surface area contributed by atoms with E-state index in [1.165, 1.54) is 16.7 Å². The van der Waals surface area contributed by atoms with Crippen molar-refractivity contribution in [1.82, 2.24) is 4.90 Å². The molecule has 0 bridgehead atoms. The van der Waals surface area contributed by atoms with Crippen molar-refractivity contribution in [2.45, 2.75) is 26.1 Å². The summed E-state index contributed by atoms with van der Waals surface area (Å²) >= 11 is 0. The third-order valence-electron chi connectivity index (χ3n) is 3.85. The van der Waals surface area contributed by atoms with Crippen molar-refractivity contribution in [1.29, 1.82) is 0 Å². The van der Waals surface area contributed by atoms with Crippen LogP contribution in [0.1, 0.15) is 28.3 Å². The van der Waals surface area contributed by atoms with Gasteiger partial charge in [0.25, 0.3) is 0 Å². The minimum absolute atomic E-state index is 0.00921. The number of hydrogen-bond donors (Lipinski definition) is 1. The first-order chi connectivity index (χ1) is 9.65. The lowest BCUT2D eigenvalue weighted by Crippen LogP contribution is -2.35. The average Bonchev–Trinajstić information content (AvgIpc) is 2.90. The van der Waals surface area contributed by atoms with E-state index in [0.717, 1.165) is 5.56 Å². The van der Waals surface area contributed by atoms with Gasteiger partial charge in [-0.1, -0.05) is 54.1 Å². The molecule has 0 radical (unpaired) electrons. The Morgan fingerprint density at radius 2 is 1.60 bits per heavy atom. The molecule has 1 atom stereocenters. The highest BCUT2D eigenvalue weighted by molar-refractivity contribution is 5.83. The van der Waals surface area contributed by atoms with Crippen LogP contribution >= 0.6 is 0 Å². The Morgan fingerprint density at radius 1 is 1.05 bits per heavy atom. The molecule has 2 N–H and O–H groups in total. The SMILES string of the molecule is Cc1ccc(C(N)C(=O)N2Cc3ccccc3C2)cc1. The van der Waals surface area contributed by atoms with Crippen LogP contribution in [-0.2, 0) is 17.9 Å². The Labute approximate surface area is 119 Å². The molecule has 0 saturated carbocycles. The van der Waals surface area contributed by atoms with Crippen molar-refractivity contribution in [3.05, 3.63) is 70.8 Å². The summed E-state index contributed by atoms with van der Waals surface area (Å²) in [5, 5.41) is 0. The molecule has 3 nitrogen and oxygen atoms in total. The minimum atomic E-state index is -0.579. The van der Waals surface area contributed by atoms with Crippen LogP contribution in [0.15, 0.2) is 48.5 Å². The normalized spacial score (nSPS) is 15.0. The van der Waals surface area contributed by atoms with Crippen LogP contribution < -0.4 is 5.73 Å². The van der Waals surface area contributed by atoms with Crippen molar-refractivity contribution in [3.63, 3.8) is 0 Å². The Morgan fingerprint density at radius 3 is 2.15 bits per heavy atom. The summed E-state index contributed by atoms with van der Waals surface area (Å²) in [4.78, 5) is 14.3. The summed E-state index contributed by atoms with van der Waals surface area (Å²) in [6, 6.07) is 15.4. The molecule has 0 spiro atoms. The number of carbonyl (C=O) groups is 1. The van der Waals surface area contributed by atoms with Gasteiger partial charge in [0.15, 0.2) is 0 Å². The fraction of sp³-hybridized carbons (Fsp3) is 0.235. The maximum absolute atomic E-state index is 12.5. The van der Waals surface area contributed by atoms with E-state index in [4.69, 9.17) is 5.73 Å². The summed E-state index contributed by atoms with van der Waals surface area (Å²) in [5.41, 5.74) is 10.6. The molecular formula is C17H18N2O. The van der Waals surface area contributed by atoms with E-state index >= 15 is 0 Å². The molecule has 1 heterocycles. The molecule has 1 unspecified atom stereocenters. The van der Waals surface area contributed by atoms with E-state index in [0.29, 0.717) is 13.1 Å². The van der Waals surface area contributed by atoms with E-state index in [1.54, 1.807) is 0 Å². The lowest BCUT2D eigenvalue weighted by Gasteiger charge is -2.20. The Hall–Kier alpha value is -2.13. The van der Waals surface area contributed by atoms with Gasteiger partial charge >= 0.3 is 0 Å². The summed E-state index contributed by atoms with van der Waals surface area (Å²) in [6.45, 7) is 3.34. The van der Waals surface area contributed by atoms with Crippen LogP contribution in [0.25, 0.3) is 0 Å². The molecule has 0 fully saturated rings. The molecule has 20 heavy (non-hydrogen) atoms. The van der Waals surface area contributed by atoms with Crippen LogP contribution in [0.3, 0.4) is 0 Å². The fourth-order valence-electron chi connectivity index (χ4n) is 2.60. The number of fused-ring (bicyclic) bond motifs is 1. The van der Waals surface area contributed by atoms with E-state index in [2.05, 4.69) is 12.1 Å². The first kappa shape index (κ1) is 12.9. The first-order valence-electron chi connectivity index (χ1n) is 6.83. The van der Waals surface area contributed by atoms with Gasteiger partial charge < -0.3 is 10.6 Å². The Balaban J connectivity index is 1.76. The second kappa shape index (κ2) is 5.10. The number of hydrogen-bond acceptors (Lipinski definition) is 2. The number of nitrogens with zero attached hydrogens (tertiary/aromatic N) is 1. The molecule has 2 aromatic rings. The van der Waals surface area contributed by atoms with Gasteiger partial charge in [-0.25, -0.2) is 0 Å². The Bertz CT molecular complexity index is 609. The second-order valence-corrected chi connectivity index (χ2v) is 5.35. The molecule has 102 valence electrons. The standard InChI is InChI=1S/C17H18N2O/c1-12-6-8-13(9-7-12)16(18)17(20)19-10-14-4-2-3-5-15(14)11-19/h2-9,16H,10-11,18H2,1H3. The van der Waals surface area contributed by atoms with Gasteiger partial charge in [0, 0.05) is 13.1 Å². The van der Waals surface area contributed by atoms with Crippen LogP contribution in [-0.4, -0.2) is 10.8 Å². The summed E-state index contributed by atoms with van der Waals surface area (Å²) in [7, 11) is 0. The predicted octanol–water partition coefficient (Wildman–Crippen LogP) is 2.54. The van der Waals surface area contributed by atoms with Crippen molar-refractivity contribution >= 4 is 5.91 Å². The lowest BCUT2D eigenvalue weighted by atomic mass is 10.0. The number of amides is 1. The topological polar surface area (TPSA) is 46.3 Å². The van der Waals surface area contributed by atoms with E-state index in [1.807, 2.05) is 48.2 Å². The van der Waals surface area contributed by atoms with Crippen LogP contribution in [0, 0.1) is 6.92 Å². The molecule has 2 aromatic carbocycles. The molecule has 0 aliphatic carbocycles. The van der Waals surface area contributed by atoms with Crippen molar-refractivity contribution in [3.8, 4) is 0 Å². The van der Waals surface area contributed by atoms with Gasteiger partial charge in [-0.2, -0.15) is 0 Å². The largest absolute Gasteiger partial charge is 0.332 e. The summed E-state index contributed by atoms with van der Waals surface area (Å²) < 4.78 is 0. The zero-order valence-electron chi connectivity index (χ0n) is 11.5. The Kier molecular flexibility index (Phi) is 3.28. The molecule has 1 aliphatic heterocycles. The van der Waals surface area contributed by atoms with Crippen LogP contribution in [0.2, 0.25) is 0 Å². The molecule has 0 aromatic heterocycles. The lowest BCUT2D eigenvalue weighted by molar-refractivity contribution is -0.133. The van der Waals surface area contributed by atoms with E-state index in [9.17, 15) is 4.79 Å². The highest BCUT2D eigenvalue weighted by Gasteiger charge is 2.27.